The normalized spacial score (nSPS) is 13.6. The molecular weight excluding hydrogens is 426 g/mol. The molecule has 2 heterocycles. The number of aromatic nitrogens is 2. The highest BCUT2D eigenvalue weighted by atomic mass is 16.5. The number of urea groups is 1. The number of carbonyl (C=O) groups excluding carboxylic acids is 3. The number of rotatable bonds is 4. The minimum Gasteiger partial charge on any atom is -0.451 e. The molecule has 3 aromatic rings. The van der Waals surface area contributed by atoms with Gasteiger partial charge in [0.15, 0.2) is 12.3 Å². The summed E-state index contributed by atoms with van der Waals surface area (Å²) in [6, 6.07) is 15.5. The maximum Gasteiger partial charge on any atom is 0.359 e. The number of nitrogens with zero attached hydrogens (tertiary/aromatic N) is 4. The zero-order valence-electron chi connectivity index (χ0n) is 18.1. The first-order chi connectivity index (χ1) is 15.9. The van der Waals surface area contributed by atoms with E-state index >= 15 is 0 Å². The van der Waals surface area contributed by atoms with Crippen LogP contribution in [-0.2, 0) is 16.6 Å². The van der Waals surface area contributed by atoms with Crippen molar-refractivity contribution in [2.24, 2.45) is 7.05 Å². The van der Waals surface area contributed by atoms with E-state index in [2.05, 4.69) is 10.4 Å². The molecule has 1 aromatic heterocycles. The minimum absolute atomic E-state index is 0.0251. The van der Waals surface area contributed by atoms with Gasteiger partial charge in [-0.1, -0.05) is 36.4 Å². The molecule has 3 amide bonds. The Bertz CT molecular complexity index is 1250. The average Bonchev–Trinajstić information content (AvgIpc) is 2.85. The minimum atomic E-state index is -0.781. The summed E-state index contributed by atoms with van der Waals surface area (Å²) in [6.07, 6.45) is 0. The maximum absolute atomic E-state index is 12.6. The molecule has 1 N–H and O–H groups in total. The molecule has 1 saturated heterocycles. The Kier molecular flexibility index (Phi) is 6.34. The lowest BCUT2D eigenvalue weighted by atomic mass is 10.1. The van der Waals surface area contributed by atoms with Crippen LogP contribution in [0.5, 0.6) is 0 Å². The molecule has 170 valence electrons. The highest BCUT2D eigenvalue weighted by molar-refractivity contribution is 6.02. The molecule has 33 heavy (non-hydrogen) atoms. The van der Waals surface area contributed by atoms with Gasteiger partial charge in [0, 0.05) is 44.3 Å². The van der Waals surface area contributed by atoms with Crippen molar-refractivity contribution in [1.82, 2.24) is 19.6 Å². The predicted octanol–water partition coefficient (Wildman–Crippen LogP) is 1.47. The fourth-order valence-electron chi connectivity index (χ4n) is 3.62. The van der Waals surface area contributed by atoms with Gasteiger partial charge < -0.3 is 19.9 Å². The predicted molar refractivity (Wildman–Crippen MR) is 121 cm³/mol. The molecular formula is C23H23N5O5. The van der Waals surface area contributed by atoms with Crippen molar-refractivity contribution in [2.45, 2.75) is 0 Å². The number of piperazine rings is 1. The van der Waals surface area contributed by atoms with Gasteiger partial charge in [0.05, 0.1) is 5.39 Å². The van der Waals surface area contributed by atoms with Crippen LogP contribution in [0.3, 0.4) is 0 Å². The van der Waals surface area contributed by atoms with Crippen LogP contribution in [0.15, 0.2) is 59.4 Å². The Labute approximate surface area is 189 Å². The van der Waals surface area contributed by atoms with E-state index in [1.54, 1.807) is 46.2 Å². The van der Waals surface area contributed by atoms with Gasteiger partial charge in [-0.15, -0.1) is 0 Å². The molecule has 2 aromatic carbocycles. The van der Waals surface area contributed by atoms with E-state index in [0.29, 0.717) is 42.6 Å². The molecule has 0 spiro atoms. The number of hydrogen-bond donors (Lipinski definition) is 1. The number of aryl methyl sites for hydroxylation is 1. The van der Waals surface area contributed by atoms with Crippen LogP contribution in [0.4, 0.5) is 10.5 Å². The highest BCUT2D eigenvalue weighted by Crippen LogP contribution is 2.14. The van der Waals surface area contributed by atoms with E-state index in [1.807, 2.05) is 18.2 Å². The van der Waals surface area contributed by atoms with E-state index in [-0.39, 0.29) is 23.2 Å². The van der Waals surface area contributed by atoms with E-state index in [9.17, 15) is 19.2 Å². The lowest BCUT2D eigenvalue weighted by Crippen LogP contribution is -2.52. The molecule has 0 bridgehead atoms. The van der Waals surface area contributed by atoms with Gasteiger partial charge >= 0.3 is 12.0 Å². The monoisotopic (exact) mass is 449 g/mol. The van der Waals surface area contributed by atoms with Crippen molar-refractivity contribution in [1.29, 1.82) is 0 Å². The Morgan fingerprint density at radius 1 is 0.909 bits per heavy atom. The van der Waals surface area contributed by atoms with Gasteiger partial charge in [-0.05, 0) is 18.2 Å². The fraction of sp³-hybridized carbons (Fsp3) is 0.261. The number of nitrogens with one attached hydrogen (secondary N) is 1. The number of hydrogen-bond acceptors (Lipinski definition) is 6. The van der Waals surface area contributed by atoms with Crippen LogP contribution in [0.25, 0.3) is 10.8 Å². The Morgan fingerprint density at radius 3 is 2.21 bits per heavy atom. The van der Waals surface area contributed by atoms with Gasteiger partial charge in [-0.2, -0.15) is 5.10 Å². The Balaban J connectivity index is 1.32. The summed E-state index contributed by atoms with van der Waals surface area (Å²) in [5.74, 6) is -1.14. The third-order valence-electron chi connectivity index (χ3n) is 5.42. The summed E-state index contributed by atoms with van der Waals surface area (Å²) in [5.41, 5.74) is 0.350. The molecule has 10 nitrogen and oxygen atoms in total. The molecule has 0 aliphatic carbocycles. The molecule has 0 saturated carbocycles. The van der Waals surface area contributed by atoms with Gasteiger partial charge in [-0.25, -0.2) is 14.3 Å². The van der Waals surface area contributed by atoms with Crippen molar-refractivity contribution in [3.63, 3.8) is 0 Å². The van der Waals surface area contributed by atoms with Crippen LogP contribution < -0.4 is 10.9 Å². The van der Waals surface area contributed by atoms with Crippen molar-refractivity contribution in [2.75, 3.05) is 38.1 Å². The van der Waals surface area contributed by atoms with Crippen molar-refractivity contribution in [3.8, 4) is 0 Å². The number of anilines is 1. The summed E-state index contributed by atoms with van der Waals surface area (Å²) >= 11 is 0. The lowest BCUT2D eigenvalue weighted by Gasteiger charge is -2.34. The first-order valence-electron chi connectivity index (χ1n) is 10.5. The van der Waals surface area contributed by atoms with Crippen LogP contribution in [-0.4, -0.2) is 70.3 Å². The van der Waals surface area contributed by atoms with Gasteiger partial charge in [-0.3, -0.25) is 9.59 Å². The van der Waals surface area contributed by atoms with Crippen LogP contribution in [0, 0.1) is 0 Å². The third-order valence-corrected chi connectivity index (χ3v) is 5.42. The van der Waals surface area contributed by atoms with Crippen molar-refractivity contribution < 1.29 is 19.1 Å². The average molecular weight is 449 g/mol. The molecule has 0 atom stereocenters. The molecule has 1 aliphatic heterocycles. The molecule has 4 rings (SSSR count). The van der Waals surface area contributed by atoms with E-state index < -0.39 is 12.6 Å². The Morgan fingerprint density at radius 2 is 1.52 bits per heavy atom. The summed E-state index contributed by atoms with van der Waals surface area (Å²) in [7, 11) is 1.45. The lowest BCUT2D eigenvalue weighted by molar-refractivity contribution is -0.135. The second kappa shape index (κ2) is 9.51. The third kappa shape index (κ3) is 4.84. The summed E-state index contributed by atoms with van der Waals surface area (Å²) < 4.78 is 6.27. The Hall–Kier alpha value is -4.21. The molecule has 10 heteroatoms. The topological polar surface area (TPSA) is 114 Å². The van der Waals surface area contributed by atoms with Crippen LogP contribution in [0.2, 0.25) is 0 Å². The second-order valence-electron chi connectivity index (χ2n) is 7.56. The first-order valence-corrected chi connectivity index (χ1v) is 10.5. The number of esters is 1. The van der Waals surface area contributed by atoms with Gasteiger partial charge in [0.2, 0.25) is 0 Å². The smallest absolute Gasteiger partial charge is 0.359 e. The van der Waals surface area contributed by atoms with Crippen molar-refractivity contribution >= 4 is 34.4 Å². The number of para-hydroxylation sites is 1. The number of fused-ring (bicyclic) bond motifs is 1. The number of benzene rings is 2. The van der Waals surface area contributed by atoms with Gasteiger partial charge in [0.1, 0.15) is 0 Å². The molecule has 1 fully saturated rings. The standard InChI is InChI=1S/C23H23N5O5/c1-26-21(30)18-10-6-5-9-17(18)20(25-26)22(31)33-15-19(29)27-11-13-28(14-12-27)23(32)24-16-7-3-2-4-8-16/h2-10H,11-15H2,1H3,(H,24,32). The molecule has 1 aliphatic rings. The summed E-state index contributed by atoms with van der Waals surface area (Å²) in [6.45, 7) is 0.948. The second-order valence-corrected chi connectivity index (χ2v) is 7.56. The SMILES string of the molecule is Cn1nc(C(=O)OCC(=O)N2CCN(C(=O)Nc3ccccc3)CC2)c2ccccc2c1=O. The molecule has 0 radical (unpaired) electrons. The summed E-state index contributed by atoms with van der Waals surface area (Å²) in [5, 5.41) is 7.55. The van der Waals surface area contributed by atoms with E-state index in [0.717, 1.165) is 4.68 Å². The van der Waals surface area contributed by atoms with Crippen LogP contribution >= 0.6 is 0 Å². The maximum atomic E-state index is 12.6. The number of ether oxygens (including phenoxy) is 1. The number of carbonyl (C=O) groups is 3. The molecule has 0 unspecified atom stereocenters. The number of amides is 3. The summed E-state index contributed by atoms with van der Waals surface area (Å²) in [4.78, 5) is 52.9. The largest absolute Gasteiger partial charge is 0.451 e. The quantitative estimate of drug-likeness (QED) is 0.604. The van der Waals surface area contributed by atoms with Gasteiger partial charge in [0.25, 0.3) is 11.5 Å². The fourth-order valence-corrected chi connectivity index (χ4v) is 3.62. The van der Waals surface area contributed by atoms with Crippen molar-refractivity contribution in [3.05, 3.63) is 70.6 Å². The van der Waals surface area contributed by atoms with E-state index in [4.69, 9.17) is 4.74 Å². The first kappa shape index (κ1) is 22.0. The zero-order chi connectivity index (χ0) is 23.4. The van der Waals surface area contributed by atoms with E-state index in [1.165, 1.54) is 7.05 Å². The van der Waals surface area contributed by atoms with Crippen LogP contribution in [0.1, 0.15) is 10.5 Å². The zero-order valence-corrected chi connectivity index (χ0v) is 18.1. The highest BCUT2D eigenvalue weighted by Gasteiger charge is 2.25.